The van der Waals surface area contributed by atoms with Crippen LogP contribution in [0.4, 0.5) is 11.5 Å². The maximum Gasteiger partial charge on any atom is 0.309 e. The fraction of sp³-hybridized carbons (Fsp3) is 0.312. The molecule has 7 heteroatoms. The fourth-order valence-corrected chi connectivity index (χ4v) is 2.52. The first kappa shape index (κ1) is 16.8. The largest absolute Gasteiger partial charge is 0.469 e. The maximum absolute atomic E-state index is 11.3. The van der Waals surface area contributed by atoms with E-state index in [2.05, 4.69) is 14.7 Å². The summed E-state index contributed by atoms with van der Waals surface area (Å²) in [5.74, 6) is -0.0244. The smallest absolute Gasteiger partial charge is 0.309 e. The zero-order chi connectivity index (χ0) is 17.1. The number of benzene rings is 1. The standard InChI is InChI=1S/C16H17ClN4O2/c1-9(2)21-16(18)15(19-3)14(20-21)11-6-5-10(7-12(11)17)8-13(22)23-4/h5-7,9H,8,18H2,1-2,4H3. The Labute approximate surface area is 139 Å². The van der Waals surface area contributed by atoms with Crippen molar-refractivity contribution in [2.75, 3.05) is 12.8 Å². The first-order valence-corrected chi connectivity index (χ1v) is 7.37. The van der Waals surface area contributed by atoms with E-state index in [4.69, 9.17) is 23.9 Å². The van der Waals surface area contributed by atoms with Crippen LogP contribution in [0.3, 0.4) is 0 Å². The number of nitrogens with two attached hydrogens (primary N) is 1. The summed E-state index contributed by atoms with van der Waals surface area (Å²) in [6.07, 6.45) is 0.134. The van der Waals surface area contributed by atoms with Gasteiger partial charge in [-0.15, -0.1) is 0 Å². The molecule has 0 radical (unpaired) electrons. The van der Waals surface area contributed by atoms with Gasteiger partial charge >= 0.3 is 5.97 Å². The van der Waals surface area contributed by atoms with Crippen molar-refractivity contribution in [2.24, 2.45) is 0 Å². The minimum atomic E-state index is -0.344. The van der Waals surface area contributed by atoms with Crippen molar-refractivity contribution in [1.29, 1.82) is 0 Å². The molecule has 0 fully saturated rings. The highest BCUT2D eigenvalue weighted by Gasteiger charge is 2.20. The third kappa shape index (κ3) is 3.30. The van der Waals surface area contributed by atoms with Crippen molar-refractivity contribution in [2.45, 2.75) is 26.3 Å². The number of nitrogen functional groups attached to an aromatic ring is 1. The number of aromatic nitrogens is 2. The zero-order valence-electron chi connectivity index (χ0n) is 13.1. The molecule has 0 spiro atoms. The number of halogens is 1. The molecule has 0 atom stereocenters. The number of hydrogen-bond donors (Lipinski definition) is 1. The molecule has 0 amide bonds. The maximum atomic E-state index is 11.3. The van der Waals surface area contributed by atoms with Crippen molar-refractivity contribution in [3.05, 3.63) is 40.2 Å². The molecule has 120 valence electrons. The summed E-state index contributed by atoms with van der Waals surface area (Å²) >= 11 is 6.32. The second kappa shape index (κ2) is 6.71. The highest BCUT2D eigenvalue weighted by molar-refractivity contribution is 6.33. The molecule has 23 heavy (non-hydrogen) atoms. The van der Waals surface area contributed by atoms with E-state index in [-0.39, 0.29) is 24.1 Å². The first-order chi connectivity index (χ1) is 10.9. The van der Waals surface area contributed by atoms with Crippen molar-refractivity contribution >= 4 is 29.1 Å². The third-order valence-electron chi connectivity index (χ3n) is 3.39. The summed E-state index contributed by atoms with van der Waals surface area (Å²) in [5, 5.41) is 4.83. The van der Waals surface area contributed by atoms with Crippen molar-refractivity contribution in [3.63, 3.8) is 0 Å². The van der Waals surface area contributed by atoms with Crippen LogP contribution in [0, 0.1) is 6.57 Å². The predicted molar refractivity (Wildman–Crippen MR) is 89.5 cm³/mol. The van der Waals surface area contributed by atoms with Gasteiger partial charge < -0.3 is 10.5 Å². The van der Waals surface area contributed by atoms with E-state index in [1.807, 2.05) is 13.8 Å². The van der Waals surface area contributed by atoms with E-state index in [1.54, 1.807) is 22.9 Å². The van der Waals surface area contributed by atoms with Gasteiger partial charge in [-0.3, -0.25) is 9.48 Å². The Bertz CT molecular complexity index is 790. The number of nitrogens with zero attached hydrogens (tertiary/aromatic N) is 3. The molecule has 0 bridgehead atoms. The molecule has 0 saturated carbocycles. The highest BCUT2D eigenvalue weighted by Crippen LogP contribution is 2.39. The van der Waals surface area contributed by atoms with Gasteiger partial charge in [0.2, 0.25) is 0 Å². The molecule has 0 unspecified atom stereocenters. The Morgan fingerprint density at radius 2 is 2.22 bits per heavy atom. The quantitative estimate of drug-likeness (QED) is 0.685. The van der Waals surface area contributed by atoms with Crippen LogP contribution in [0.25, 0.3) is 16.1 Å². The van der Waals surface area contributed by atoms with Gasteiger partial charge in [0.15, 0.2) is 0 Å². The number of ether oxygens (including phenoxy) is 1. The van der Waals surface area contributed by atoms with Crippen LogP contribution in [0.2, 0.25) is 5.02 Å². The van der Waals surface area contributed by atoms with Gasteiger partial charge in [0.25, 0.3) is 5.69 Å². The molecule has 0 aliphatic rings. The number of rotatable bonds is 4. The van der Waals surface area contributed by atoms with Crippen LogP contribution in [-0.2, 0) is 16.0 Å². The third-order valence-corrected chi connectivity index (χ3v) is 3.70. The molecule has 1 heterocycles. The average molecular weight is 333 g/mol. The van der Waals surface area contributed by atoms with Crippen LogP contribution >= 0.6 is 11.6 Å². The van der Waals surface area contributed by atoms with Crippen LogP contribution < -0.4 is 5.73 Å². The molecule has 0 aliphatic heterocycles. The second-order valence-electron chi connectivity index (χ2n) is 5.30. The number of anilines is 1. The molecule has 0 aliphatic carbocycles. The molecule has 2 rings (SSSR count). The Morgan fingerprint density at radius 3 is 2.74 bits per heavy atom. The summed E-state index contributed by atoms with van der Waals surface area (Å²) in [5.41, 5.74) is 8.06. The summed E-state index contributed by atoms with van der Waals surface area (Å²) in [6.45, 7) is 11.2. The molecule has 6 nitrogen and oxygen atoms in total. The molecule has 0 saturated heterocycles. The van der Waals surface area contributed by atoms with Crippen molar-refractivity contribution < 1.29 is 9.53 Å². The molecule has 1 aromatic carbocycles. The van der Waals surface area contributed by atoms with Gasteiger partial charge in [-0.1, -0.05) is 23.7 Å². The minimum absolute atomic E-state index is 0.0293. The Kier molecular flexibility index (Phi) is 4.92. The minimum Gasteiger partial charge on any atom is -0.469 e. The Balaban J connectivity index is 2.49. The monoisotopic (exact) mass is 332 g/mol. The molecular formula is C16H17ClN4O2. The van der Waals surface area contributed by atoms with Gasteiger partial charge in [-0.25, -0.2) is 4.85 Å². The van der Waals surface area contributed by atoms with Crippen LogP contribution in [-0.4, -0.2) is 22.9 Å². The van der Waals surface area contributed by atoms with E-state index < -0.39 is 0 Å². The van der Waals surface area contributed by atoms with E-state index >= 15 is 0 Å². The predicted octanol–water partition coefficient (Wildman–Crippen LogP) is 3.63. The number of carbonyl (C=O) groups excluding carboxylic acids is 1. The van der Waals surface area contributed by atoms with Crippen molar-refractivity contribution in [1.82, 2.24) is 9.78 Å². The first-order valence-electron chi connectivity index (χ1n) is 7.00. The summed E-state index contributed by atoms with van der Waals surface area (Å²) < 4.78 is 6.24. The molecule has 1 aromatic heterocycles. The molecule has 2 aromatic rings. The Hall–Kier alpha value is -2.52. The number of esters is 1. The lowest BCUT2D eigenvalue weighted by molar-refractivity contribution is -0.139. The Morgan fingerprint density at radius 1 is 1.52 bits per heavy atom. The molecular weight excluding hydrogens is 316 g/mol. The second-order valence-corrected chi connectivity index (χ2v) is 5.71. The number of carbonyl (C=O) groups is 1. The van der Waals surface area contributed by atoms with E-state index in [0.29, 0.717) is 22.1 Å². The summed E-state index contributed by atoms with van der Waals surface area (Å²) in [4.78, 5) is 14.8. The average Bonchev–Trinajstić information content (AvgIpc) is 2.84. The van der Waals surface area contributed by atoms with Gasteiger partial charge in [-0.05, 0) is 25.5 Å². The van der Waals surface area contributed by atoms with Gasteiger partial charge in [0, 0.05) is 16.6 Å². The van der Waals surface area contributed by atoms with Crippen LogP contribution in [0.15, 0.2) is 18.2 Å². The summed E-state index contributed by atoms with van der Waals surface area (Å²) in [7, 11) is 1.33. The summed E-state index contributed by atoms with van der Waals surface area (Å²) in [6, 6.07) is 5.20. The van der Waals surface area contributed by atoms with E-state index in [1.165, 1.54) is 7.11 Å². The molecule has 2 N–H and O–H groups in total. The fourth-order valence-electron chi connectivity index (χ4n) is 2.22. The number of hydrogen-bond acceptors (Lipinski definition) is 4. The topological polar surface area (TPSA) is 74.5 Å². The highest BCUT2D eigenvalue weighted by atomic mass is 35.5. The van der Waals surface area contributed by atoms with Gasteiger partial charge in [0.1, 0.15) is 11.5 Å². The normalized spacial score (nSPS) is 10.6. The SMILES string of the molecule is [C-]#[N+]c1c(-c2ccc(CC(=O)OC)cc2Cl)nn(C(C)C)c1N. The van der Waals surface area contributed by atoms with Gasteiger partial charge in [0.05, 0.1) is 20.1 Å². The lowest BCUT2D eigenvalue weighted by Crippen LogP contribution is -2.06. The van der Waals surface area contributed by atoms with Crippen LogP contribution in [0.5, 0.6) is 0 Å². The zero-order valence-corrected chi connectivity index (χ0v) is 13.9. The van der Waals surface area contributed by atoms with Crippen LogP contribution in [0.1, 0.15) is 25.5 Å². The van der Waals surface area contributed by atoms with Crippen molar-refractivity contribution in [3.8, 4) is 11.3 Å². The van der Waals surface area contributed by atoms with E-state index in [0.717, 1.165) is 5.56 Å². The van der Waals surface area contributed by atoms with E-state index in [9.17, 15) is 4.79 Å². The van der Waals surface area contributed by atoms with Gasteiger partial charge in [-0.2, -0.15) is 5.10 Å². The lowest BCUT2D eigenvalue weighted by atomic mass is 10.1. The lowest BCUT2D eigenvalue weighted by Gasteiger charge is -2.07. The number of methoxy groups -OCH3 is 1.